The van der Waals surface area contributed by atoms with E-state index in [2.05, 4.69) is 0 Å². The fourth-order valence-corrected chi connectivity index (χ4v) is 2.99. The molecule has 1 saturated carbocycles. The van der Waals surface area contributed by atoms with Gasteiger partial charge in [-0.2, -0.15) is 0 Å². The van der Waals surface area contributed by atoms with Crippen LogP contribution < -0.4 is 5.73 Å². The molecular weight excluding hydrogens is 237 g/mol. The van der Waals surface area contributed by atoms with Crippen molar-refractivity contribution in [1.82, 2.24) is 0 Å². The van der Waals surface area contributed by atoms with Gasteiger partial charge in [-0.15, -0.1) is 0 Å². The van der Waals surface area contributed by atoms with Crippen molar-refractivity contribution >= 4 is 11.6 Å². The highest BCUT2D eigenvalue weighted by molar-refractivity contribution is 6.31. The molecule has 1 unspecified atom stereocenters. The maximum absolute atomic E-state index is 13.0. The lowest BCUT2D eigenvalue weighted by Gasteiger charge is -2.23. The molecule has 1 aromatic carbocycles. The van der Waals surface area contributed by atoms with Crippen LogP contribution in [0.2, 0.25) is 5.02 Å². The van der Waals surface area contributed by atoms with E-state index in [-0.39, 0.29) is 11.9 Å². The second-order valence-electron chi connectivity index (χ2n) is 4.94. The van der Waals surface area contributed by atoms with Gasteiger partial charge >= 0.3 is 0 Å². The average Bonchev–Trinajstić information content (AvgIpc) is 2.56. The van der Waals surface area contributed by atoms with Gasteiger partial charge < -0.3 is 5.73 Å². The van der Waals surface area contributed by atoms with Crippen molar-refractivity contribution in [3.63, 3.8) is 0 Å². The normalized spacial score (nSPS) is 19.9. The molecule has 17 heavy (non-hydrogen) atoms. The summed E-state index contributed by atoms with van der Waals surface area (Å²) in [6.07, 6.45) is 7.43. The molecule has 3 heteroatoms. The molecule has 1 atom stereocenters. The van der Waals surface area contributed by atoms with Crippen molar-refractivity contribution in [3.8, 4) is 0 Å². The van der Waals surface area contributed by atoms with E-state index in [1.807, 2.05) is 0 Å². The van der Waals surface area contributed by atoms with Gasteiger partial charge in [0.15, 0.2) is 0 Å². The van der Waals surface area contributed by atoms with Crippen LogP contribution in [0.25, 0.3) is 0 Å². The zero-order chi connectivity index (χ0) is 12.3. The monoisotopic (exact) mass is 255 g/mol. The lowest BCUT2D eigenvalue weighted by atomic mass is 9.88. The van der Waals surface area contributed by atoms with E-state index in [1.165, 1.54) is 37.8 Å². The SMILES string of the molecule is NC(c1ccc(F)cc1Cl)C1CCCCCC1. The van der Waals surface area contributed by atoms with Gasteiger partial charge in [-0.25, -0.2) is 4.39 Å². The molecule has 94 valence electrons. The summed E-state index contributed by atoms with van der Waals surface area (Å²) in [6, 6.07) is 4.47. The molecule has 0 bridgehead atoms. The van der Waals surface area contributed by atoms with Crippen LogP contribution in [0.3, 0.4) is 0 Å². The number of halogens is 2. The lowest BCUT2D eigenvalue weighted by Crippen LogP contribution is -2.21. The van der Waals surface area contributed by atoms with Gasteiger partial charge in [-0.3, -0.25) is 0 Å². The molecule has 0 aromatic heterocycles. The molecule has 2 N–H and O–H groups in total. The van der Waals surface area contributed by atoms with Gasteiger partial charge in [0.25, 0.3) is 0 Å². The number of rotatable bonds is 2. The minimum absolute atomic E-state index is 0.0544. The maximum Gasteiger partial charge on any atom is 0.124 e. The largest absolute Gasteiger partial charge is 0.324 e. The first kappa shape index (κ1) is 12.8. The Bertz CT molecular complexity index is 372. The highest BCUT2D eigenvalue weighted by atomic mass is 35.5. The van der Waals surface area contributed by atoms with Crippen molar-refractivity contribution < 1.29 is 4.39 Å². The molecule has 1 aliphatic rings. The first-order chi connectivity index (χ1) is 8.18. The highest BCUT2D eigenvalue weighted by Crippen LogP contribution is 2.34. The average molecular weight is 256 g/mol. The predicted octanol–water partition coefficient (Wildman–Crippen LogP) is 4.45. The summed E-state index contributed by atoms with van der Waals surface area (Å²) in [5, 5.41) is 0.460. The number of nitrogens with two attached hydrogens (primary N) is 1. The molecule has 0 aliphatic heterocycles. The molecule has 0 radical (unpaired) electrons. The zero-order valence-electron chi connectivity index (χ0n) is 9.96. The van der Waals surface area contributed by atoms with Crippen LogP contribution in [0.15, 0.2) is 18.2 Å². The Hall–Kier alpha value is -0.600. The van der Waals surface area contributed by atoms with E-state index in [1.54, 1.807) is 6.07 Å². The topological polar surface area (TPSA) is 26.0 Å². The molecule has 0 amide bonds. The number of hydrogen-bond donors (Lipinski definition) is 1. The van der Waals surface area contributed by atoms with E-state index >= 15 is 0 Å². The summed E-state index contributed by atoms with van der Waals surface area (Å²) in [7, 11) is 0. The van der Waals surface area contributed by atoms with Crippen molar-refractivity contribution in [2.24, 2.45) is 11.7 Å². The summed E-state index contributed by atoms with van der Waals surface area (Å²) >= 11 is 6.06. The number of hydrogen-bond acceptors (Lipinski definition) is 1. The quantitative estimate of drug-likeness (QED) is 0.777. The molecule has 0 saturated heterocycles. The van der Waals surface area contributed by atoms with E-state index in [4.69, 9.17) is 17.3 Å². The third kappa shape index (κ3) is 3.20. The molecular formula is C14H19ClFN. The van der Waals surface area contributed by atoms with Crippen molar-refractivity contribution in [2.45, 2.75) is 44.6 Å². The van der Waals surface area contributed by atoms with Crippen LogP contribution in [-0.2, 0) is 0 Å². The third-order valence-electron chi connectivity index (χ3n) is 3.73. The number of benzene rings is 1. The third-order valence-corrected chi connectivity index (χ3v) is 4.06. The van der Waals surface area contributed by atoms with Gasteiger partial charge in [0.05, 0.1) is 0 Å². The van der Waals surface area contributed by atoms with Crippen LogP contribution in [0.4, 0.5) is 4.39 Å². The second-order valence-corrected chi connectivity index (χ2v) is 5.35. The standard InChI is InChI=1S/C14H19ClFN/c15-13-9-11(16)7-8-12(13)14(17)10-5-3-1-2-4-6-10/h7-10,14H,1-6,17H2. The molecule has 1 fully saturated rings. The van der Waals surface area contributed by atoms with Crippen molar-refractivity contribution in [3.05, 3.63) is 34.6 Å². The van der Waals surface area contributed by atoms with Crippen molar-refractivity contribution in [1.29, 1.82) is 0 Å². The zero-order valence-corrected chi connectivity index (χ0v) is 10.7. The van der Waals surface area contributed by atoms with E-state index in [0.717, 1.165) is 18.4 Å². The molecule has 0 spiro atoms. The van der Waals surface area contributed by atoms with Gasteiger partial charge in [-0.05, 0) is 36.5 Å². The Morgan fingerprint density at radius 3 is 2.41 bits per heavy atom. The molecule has 0 heterocycles. The minimum atomic E-state index is -0.299. The highest BCUT2D eigenvalue weighted by Gasteiger charge is 2.22. The maximum atomic E-state index is 13.0. The first-order valence-electron chi connectivity index (χ1n) is 6.39. The first-order valence-corrected chi connectivity index (χ1v) is 6.77. The van der Waals surface area contributed by atoms with Crippen LogP contribution in [0.1, 0.15) is 50.1 Å². The second kappa shape index (κ2) is 5.83. The summed E-state index contributed by atoms with van der Waals surface area (Å²) in [4.78, 5) is 0. The van der Waals surface area contributed by atoms with Gasteiger partial charge in [0.2, 0.25) is 0 Å². The Labute approximate surface area is 107 Å². The predicted molar refractivity (Wildman–Crippen MR) is 69.5 cm³/mol. The summed E-state index contributed by atoms with van der Waals surface area (Å²) in [5.74, 6) is 0.187. The Balaban J connectivity index is 2.14. The molecule has 1 nitrogen and oxygen atoms in total. The summed E-state index contributed by atoms with van der Waals surface area (Å²) in [5.41, 5.74) is 7.17. The van der Waals surface area contributed by atoms with Crippen LogP contribution in [-0.4, -0.2) is 0 Å². The molecule has 1 aromatic rings. The van der Waals surface area contributed by atoms with E-state index < -0.39 is 0 Å². The molecule has 2 rings (SSSR count). The lowest BCUT2D eigenvalue weighted by molar-refractivity contribution is 0.382. The fraction of sp³-hybridized carbons (Fsp3) is 0.571. The fourth-order valence-electron chi connectivity index (χ4n) is 2.70. The Morgan fingerprint density at radius 1 is 1.18 bits per heavy atom. The molecule has 1 aliphatic carbocycles. The van der Waals surface area contributed by atoms with Crippen LogP contribution in [0.5, 0.6) is 0 Å². The van der Waals surface area contributed by atoms with E-state index in [0.29, 0.717) is 10.9 Å². The van der Waals surface area contributed by atoms with Gasteiger partial charge in [0.1, 0.15) is 5.82 Å². The minimum Gasteiger partial charge on any atom is -0.324 e. The van der Waals surface area contributed by atoms with Gasteiger partial charge in [0, 0.05) is 11.1 Å². The summed E-state index contributed by atoms with van der Waals surface area (Å²) in [6.45, 7) is 0. The van der Waals surface area contributed by atoms with Crippen LogP contribution in [0, 0.1) is 11.7 Å². The van der Waals surface area contributed by atoms with Gasteiger partial charge in [-0.1, -0.05) is 43.4 Å². The Kier molecular flexibility index (Phi) is 4.41. The Morgan fingerprint density at radius 2 is 1.82 bits per heavy atom. The van der Waals surface area contributed by atoms with Crippen molar-refractivity contribution in [2.75, 3.05) is 0 Å². The van der Waals surface area contributed by atoms with Crippen LogP contribution >= 0.6 is 11.6 Å². The van der Waals surface area contributed by atoms with E-state index in [9.17, 15) is 4.39 Å². The smallest absolute Gasteiger partial charge is 0.124 e. The summed E-state index contributed by atoms with van der Waals surface area (Å²) < 4.78 is 13.0.